The van der Waals surface area contributed by atoms with Gasteiger partial charge in [0.25, 0.3) is 0 Å². The summed E-state index contributed by atoms with van der Waals surface area (Å²) in [7, 11) is 1.48. The highest BCUT2D eigenvalue weighted by atomic mass is 16.2. The van der Waals surface area contributed by atoms with Crippen LogP contribution in [-0.2, 0) is 4.79 Å². The molecule has 0 radical (unpaired) electrons. The van der Waals surface area contributed by atoms with Crippen molar-refractivity contribution in [2.75, 3.05) is 26.7 Å². The normalized spacial score (nSPS) is 24.6. The number of rotatable bonds is 4. The van der Waals surface area contributed by atoms with E-state index in [1.54, 1.807) is 0 Å². The minimum Gasteiger partial charge on any atom is -0.341 e. The molecule has 0 spiro atoms. The van der Waals surface area contributed by atoms with E-state index in [1.807, 2.05) is 0 Å². The molecule has 0 aromatic carbocycles. The Morgan fingerprint density at radius 3 is 2.71 bits per heavy atom. The van der Waals surface area contributed by atoms with Crippen molar-refractivity contribution in [1.82, 2.24) is 15.5 Å². The molecule has 1 fully saturated rings. The van der Waals surface area contributed by atoms with E-state index < -0.39 is 6.03 Å². The average molecular weight is 242 g/mol. The summed E-state index contributed by atoms with van der Waals surface area (Å²) in [5, 5.41) is 4.60. The molecule has 1 heterocycles. The zero-order valence-corrected chi connectivity index (χ0v) is 10.5. The highest BCUT2D eigenvalue weighted by Gasteiger charge is 2.27. The number of imide groups is 1. The first-order valence-electron chi connectivity index (χ1n) is 6.02. The van der Waals surface area contributed by atoms with Gasteiger partial charge in [-0.2, -0.15) is 0 Å². The molecule has 1 aliphatic heterocycles. The van der Waals surface area contributed by atoms with Crippen molar-refractivity contribution in [2.45, 2.75) is 25.8 Å². The van der Waals surface area contributed by atoms with Crippen molar-refractivity contribution >= 4 is 11.9 Å². The largest absolute Gasteiger partial charge is 0.341 e. The van der Waals surface area contributed by atoms with Crippen LogP contribution in [0.4, 0.5) is 4.79 Å². The molecule has 1 rings (SSSR count). The first kappa shape index (κ1) is 13.9. The van der Waals surface area contributed by atoms with Crippen LogP contribution < -0.4 is 16.4 Å². The Hall–Kier alpha value is -1.14. The standard InChI is InChI=1S/C11H22N4O2/c1-8-5-9(6-12)7-15(8)4-3-10(16)14-11(17)13-2/h8-9H,3-7,12H2,1-2H3,(H2,13,14,16,17). The van der Waals surface area contributed by atoms with Gasteiger partial charge in [-0.3, -0.25) is 15.0 Å². The Morgan fingerprint density at radius 2 is 2.18 bits per heavy atom. The molecule has 17 heavy (non-hydrogen) atoms. The fourth-order valence-electron chi connectivity index (χ4n) is 2.20. The number of hydrogen-bond acceptors (Lipinski definition) is 4. The molecule has 0 bridgehead atoms. The van der Waals surface area contributed by atoms with Gasteiger partial charge in [0, 0.05) is 32.6 Å². The van der Waals surface area contributed by atoms with Crippen LogP contribution in [0.15, 0.2) is 0 Å². The highest BCUT2D eigenvalue weighted by molar-refractivity contribution is 5.94. The van der Waals surface area contributed by atoms with E-state index in [0.29, 0.717) is 31.5 Å². The number of nitrogens with two attached hydrogens (primary N) is 1. The molecule has 3 amide bonds. The second-order valence-electron chi connectivity index (χ2n) is 4.56. The van der Waals surface area contributed by atoms with Crippen LogP contribution in [-0.4, -0.2) is 49.6 Å². The third-order valence-corrected chi connectivity index (χ3v) is 3.23. The van der Waals surface area contributed by atoms with Gasteiger partial charge in [-0.25, -0.2) is 4.79 Å². The van der Waals surface area contributed by atoms with Crippen molar-refractivity contribution in [3.63, 3.8) is 0 Å². The third kappa shape index (κ3) is 4.32. The van der Waals surface area contributed by atoms with Gasteiger partial charge >= 0.3 is 6.03 Å². The zero-order chi connectivity index (χ0) is 12.8. The summed E-state index contributed by atoms with van der Waals surface area (Å²) in [6.45, 7) is 4.48. The quantitative estimate of drug-likeness (QED) is 0.620. The molecule has 0 aliphatic carbocycles. The summed E-state index contributed by atoms with van der Waals surface area (Å²) in [5.74, 6) is 0.291. The van der Waals surface area contributed by atoms with E-state index >= 15 is 0 Å². The van der Waals surface area contributed by atoms with Gasteiger partial charge in [0.15, 0.2) is 0 Å². The van der Waals surface area contributed by atoms with Gasteiger partial charge in [0.05, 0.1) is 0 Å². The second kappa shape index (κ2) is 6.56. The van der Waals surface area contributed by atoms with Crippen molar-refractivity contribution < 1.29 is 9.59 Å². The van der Waals surface area contributed by atoms with Crippen LogP contribution in [0.25, 0.3) is 0 Å². The van der Waals surface area contributed by atoms with E-state index in [9.17, 15) is 9.59 Å². The number of likely N-dealkylation sites (tertiary alicyclic amines) is 1. The first-order chi connectivity index (χ1) is 8.06. The third-order valence-electron chi connectivity index (χ3n) is 3.23. The van der Waals surface area contributed by atoms with Gasteiger partial charge in [0.1, 0.15) is 0 Å². The van der Waals surface area contributed by atoms with Crippen LogP contribution in [0.3, 0.4) is 0 Å². The molecule has 2 atom stereocenters. The second-order valence-corrected chi connectivity index (χ2v) is 4.56. The maximum absolute atomic E-state index is 11.4. The molecule has 1 aliphatic rings. The number of urea groups is 1. The first-order valence-corrected chi connectivity index (χ1v) is 6.02. The molecule has 6 heteroatoms. The number of nitrogens with zero attached hydrogens (tertiary/aromatic N) is 1. The summed E-state index contributed by atoms with van der Waals surface area (Å²) in [6, 6.07) is 0.0145. The van der Waals surface area contributed by atoms with Gasteiger partial charge in [-0.15, -0.1) is 0 Å². The highest BCUT2D eigenvalue weighted by Crippen LogP contribution is 2.21. The van der Waals surface area contributed by atoms with Crippen LogP contribution in [0.5, 0.6) is 0 Å². The lowest BCUT2D eigenvalue weighted by atomic mass is 10.1. The summed E-state index contributed by atoms with van der Waals surface area (Å²) in [5.41, 5.74) is 5.64. The molecule has 4 N–H and O–H groups in total. The Bertz CT molecular complexity index is 283. The number of hydrogen-bond donors (Lipinski definition) is 3. The smallest absolute Gasteiger partial charge is 0.321 e. The number of carbonyl (C=O) groups is 2. The fraction of sp³-hybridized carbons (Fsp3) is 0.818. The van der Waals surface area contributed by atoms with Gasteiger partial charge in [-0.05, 0) is 25.8 Å². The van der Waals surface area contributed by atoms with Crippen molar-refractivity contribution in [2.24, 2.45) is 11.7 Å². The predicted molar refractivity (Wildman–Crippen MR) is 65.4 cm³/mol. The number of nitrogens with one attached hydrogen (secondary N) is 2. The average Bonchev–Trinajstić information content (AvgIpc) is 2.67. The van der Waals surface area contributed by atoms with Gasteiger partial charge in [-0.1, -0.05) is 0 Å². The Labute approximate surface area is 102 Å². The number of carbonyl (C=O) groups excluding carboxylic acids is 2. The fourth-order valence-corrected chi connectivity index (χ4v) is 2.20. The minimum absolute atomic E-state index is 0.243. The molecule has 0 saturated carbocycles. The Kier molecular flexibility index (Phi) is 5.37. The maximum atomic E-state index is 11.4. The lowest BCUT2D eigenvalue weighted by Crippen LogP contribution is -2.39. The summed E-state index contributed by atoms with van der Waals surface area (Å²) in [6.07, 6.45) is 1.43. The van der Waals surface area contributed by atoms with Crippen LogP contribution in [0.1, 0.15) is 19.8 Å². The molecule has 0 aromatic rings. The summed E-state index contributed by atoms with van der Waals surface area (Å²) in [4.78, 5) is 24.6. The SMILES string of the molecule is CNC(=O)NC(=O)CCN1CC(CN)CC1C. The molecule has 6 nitrogen and oxygen atoms in total. The van der Waals surface area contributed by atoms with Crippen molar-refractivity contribution in [3.8, 4) is 0 Å². The van der Waals surface area contributed by atoms with E-state index in [2.05, 4.69) is 22.5 Å². The molecular weight excluding hydrogens is 220 g/mol. The van der Waals surface area contributed by atoms with E-state index in [4.69, 9.17) is 5.73 Å². The maximum Gasteiger partial charge on any atom is 0.321 e. The predicted octanol–water partition coefficient (Wildman–Crippen LogP) is -0.499. The Morgan fingerprint density at radius 1 is 1.47 bits per heavy atom. The van der Waals surface area contributed by atoms with Gasteiger partial charge < -0.3 is 11.1 Å². The van der Waals surface area contributed by atoms with E-state index in [-0.39, 0.29) is 5.91 Å². The van der Waals surface area contributed by atoms with Crippen LogP contribution in [0, 0.1) is 5.92 Å². The monoisotopic (exact) mass is 242 g/mol. The minimum atomic E-state index is -0.454. The zero-order valence-electron chi connectivity index (χ0n) is 10.5. The summed E-state index contributed by atoms with van der Waals surface area (Å²) >= 11 is 0. The van der Waals surface area contributed by atoms with Crippen LogP contribution >= 0.6 is 0 Å². The summed E-state index contributed by atoms with van der Waals surface area (Å²) < 4.78 is 0. The lowest BCUT2D eigenvalue weighted by Gasteiger charge is -2.20. The van der Waals surface area contributed by atoms with Gasteiger partial charge in [0.2, 0.25) is 5.91 Å². The molecule has 1 saturated heterocycles. The molecular formula is C11H22N4O2. The van der Waals surface area contributed by atoms with Crippen LogP contribution in [0.2, 0.25) is 0 Å². The van der Waals surface area contributed by atoms with E-state index in [0.717, 1.165) is 13.0 Å². The van der Waals surface area contributed by atoms with E-state index in [1.165, 1.54) is 7.05 Å². The molecule has 98 valence electrons. The molecule has 2 unspecified atom stereocenters. The Balaban J connectivity index is 2.26. The topological polar surface area (TPSA) is 87.5 Å². The lowest BCUT2D eigenvalue weighted by molar-refractivity contribution is -0.120. The van der Waals surface area contributed by atoms with Crippen molar-refractivity contribution in [3.05, 3.63) is 0 Å². The van der Waals surface area contributed by atoms with Crippen molar-refractivity contribution in [1.29, 1.82) is 0 Å². The molecule has 0 aromatic heterocycles. The number of amides is 3.